The third-order valence-corrected chi connectivity index (χ3v) is 6.55. The van der Waals surface area contributed by atoms with Crippen molar-refractivity contribution in [1.82, 2.24) is 4.90 Å². The standard InChI is InChI=1S/C27H26ClN3O4S/c1-34-23-13-8-18(16-24(23)35-2)14-15-30(27(36)29-20-6-4-3-5-7-20)22-17-25(32)31(26(22)33)21-11-9-19(28)10-12-21/h3-13,16,22H,14-15,17H2,1-2H3,(H,29,36)/t22-/m1/s1. The van der Waals surface area contributed by atoms with Crippen LogP contribution in [-0.4, -0.2) is 48.6 Å². The van der Waals surface area contributed by atoms with Gasteiger partial charge in [0.15, 0.2) is 16.6 Å². The van der Waals surface area contributed by atoms with Crippen molar-refractivity contribution in [3.63, 3.8) is 0 Å². The molecule has 0 saturated carbocycles. The molecule has 3 aromatic rings. The van der Waals surface area contributed by atoms with Crippen molar-refractivity contribution in [3.8, 4) is 11.5 Å². The van der Waals surface area contributed by atoms with E-state index in [-0.39, 0.29) is 18.2 Å². The van der Waals surface area contributed by atoms with Gasteiger partial charge >= 0.3 is 0 Å². The average Bonchev–Trinajstić information content (AvgIpc) is 3.18. The first kappa shape index (κ1) is 25.5. The molecular formula is C27H26ClN3O4S. The Morgan fingerprint density at radius 1 is 1.03 bits per heavy atom. The minimum absolute atomic E-state index is 0.0179. The predicted octanol–water partition coefficient (Wildman–Crippen LogP) is 4.93. The molecule has 1 atom stereocenters. The molecule has 0 spiro atoms. The van der Waals surface area contributed by atoms with Gasteiger partial charge < -0.3 is 19.7 Å². The van der Waals surface area contributed by atoms with Crippen LogP contribution in [0.4, 0.5) is 11.4 Å². The summed E-state index contributed by atoms with van der Waals surface area (Å²) < 4.78 is 10.7. The van der Waals surface area contributed by atoms with E-state index in [0.717, 1.165) is 11.3 Å². The Morgan fingerprint density at radius 3 is 2.39 bits per heavy atom. The number of ether oxygens (including phenoxy) is 2. The van der Waals surface area contributed by atoms with Crippen LogP contribution in [0.2, 0.25) is 5.02 Å². The second-order valence-corrected chi connectivity index (χ2v) is 9.02. The highest BCUT2D eigenvalue weighted by Gasteiger charge is 2.43. The SMILES string of the molecule is COc1ccc(CCN(C(=S)Nc2ccccc2)[C@@H]2CC(=O)N(c3ccc(Cl)cc3)C2=O)cc1OC. The summed E-state index contributed by atoms with van der Waals surface area (Å²) in [5.41, 5.74) is 2.26. The van der Waals surface area contributed by atoms with E-state index in [1.165, 1.54) is 4.90 Å². The predicted molar refractivity (Wildman–Crippen MR) is 145 cm³/mol. The van der Waals surface area contributed by atoms with E-state index in [1.807, 2.05) is 48.5 Å². The maximum Gasteiger partial charge on any atom is 0.257 e. The van der Waals surface area contributed by atoms with Gasteiger partial charge in [-0.15, -0.1) is 0 Å². The number of nitrogens with zero attached hydrogens (tertiary/aromatic N) is 2. The molecule has 0 bridgehead atoms. The first-order valence-corrected chi connectivity index (χ1v) is 12.2. The molecule has 0 aromatic heterocycles. The molecule has 7 nitrogen and oxygen atoms in total. The first-order chi connectivity index (χ1) is 17.4. The summed E-state index contributed by atoms with van der Waals surface area (Å²) in [4.78, 5) is 29.4. The number of anilines is 2. The van der Waals surface area contributed by atoms with Crippen LogP contribution in [0, 0.1) is 0 Å². The molecule has 2 amide bonds. The number of halogens is 1. The zero-order valence-electron chi connectivity index (χ0n) is 19.9. The molecular weight excluding hydrogens is 498 g/mol. The molecule has 0 aliphatic carbocycles. The molecule has 36 heavy (non-hydrogen) atoms. The molecule has 1 saturated heterocycles. The van der Waals surface area contributed by atoms with Gasteiger partial charge in [-0.2, -0.15) is 0 Å². The lowest BCUT2D eigenvalue weighted by molar-refractivity contribution is -0.122. The molecule has 9 heteroatoms. The van der Waals surface area contributed by atoms with Gasteiger partial charge in [0.25, 0.3) is 5.91 Å². The zero-order valence-corrected chi connectivity index (χ0v) is 21.5. The lowest BCUT2D eigenvalue weighted by atomic mass is 10.1. The van der Waals surface area contributed by atoms with Gasteiger partial charge in [-0.05, 0) is 72.7 Å². The minimum Gasteiger partial charge on any atom is -0.493 e. The number of amides is 2. The van der Waals surface area contributed by atoms with Crippen molar-refractivity contribution < 1.29 is 19.1 Å². The number of carbonyl (C=O) groups is 2. The lowest BCUT2D eigenvalue weighted by Gasteiger charge is -2.30. The van der Waals surface area contributed by atoms with Crippen molar-refractivity contribution in [2.75, 3.05) is 31.0 Å². The first-order valence-electron chi connectivity index (χ1n) is 11.4. The van der Waals surface area contributed by atoms with Crippen LogP contribution in [0.25, 0.3) is 0 Å². The monoisotopic (exact) mass is 523 g/mol. The topological polar surface area (TPSA) is 71.1 Å². The van der Waals surface area contributed by atoms with E-state index in [0.29, 0.717) is 40.3 Å². The molecule has 0 radical (unpaired) electrons. The quantitative estimate of drug-likeness (QED) is 0.331. The average molecular weight is 524 g/mol. The van der Waals surface area contributed by atoms with Crippen molar-refractivity contribution >= 4 is 52.1 Å². The van der Waals surface area contributed by atoms with Gasteiger partial charge in [0.05, 0.1) is 26.3 Å². The van der Waals surface area contributed by atoms with Gasteiger partial charge in [-0.3, -0.25) is 9.59 Å². The van der Waals surface area contributed by atoms with Crippen molar-refractivity contribution in [2.45, 2.75) is 18.9 Å². The number of imide groups is 1. The molecule has 1 aliphatic rings. The number of carbonyl (C=O) groups excluding carboxylic acids is 2. The third kappa shape index (κ3) is 5.61. The van der Waals surface area contributed by atoms with E-state index in [9.17, 15) is 9.59 Å². The Bertz CT molecular complexity index is 1250. The van der Waals surface area contributed by atoms with Crippen LogP contribution in [0.15, 0.2) is 72.8 Å². The number of hydrogen-bond donors (Lipinski definition) is 1. The number of thiocarbonyl (C=S) groups is 1. The van der Waals surface area contributed by atoms with Gasteiger partial charge in [0, 0.05) is 17.3 Å². The van der Waals surface area contributed by atoms with Crippen LogP contribution >= 0.6 is 23.8 Å². The summed E-state index contributed by atoms with van der Waals surface area (Å²) >= 11 is 11.7. The van der Waals surface area contributed by atoms with Gasteiger partial charge in [-0.25, -0.2) is 4.90 Å². The molecule has 1 aliphatic heterocycles. The Kier molecular flexibility index (Phi) is 8.07. The maximum absolute atomic E-state index is 13.5. The summed E-state index contributed by atoms with van der Waals surface area (Å²) in [6, 6.07) is 21.0. The lowest BCUT2D eigenvalue weighted by Crippen LogP contribution is -2.48. The van der Waals surface area contributed by atoms with Crippen LogP contribution in [0.5, 0.6) is 11.5 Å². The summed E-state index contributed by atoms with van der Waals surface area (Å²) in [5, 5.41) is 4.10. The Balaban J connectivity index is 1.59. The van der Waals surface area contributed by atoms with Gasteiger partial charge in [0.2, 0.25) is 5.91 Å². The smallest absolute Gasteiger partial charge is 0.257 e. The number of hydrogen-bond acceptors (Lipinski definition) is 5. The summed E-state index contributed by atoms with van der Waals surface area (Å²) in [6.07, 6.45) is 0.583. The number of benzene rings is 3. The van der Waals surface area contributed by atoms with Crippen LogP contribution in [0.1, 0.15) is 12.0 Å². The molecule has 1 fully saturated rings. The van der Waals surface area contributed by atoms with E-state index >= 15 is 0 Å². The van der Waals surface area contributed by atoms with Crippen LogP contribution in [0.3, 0.4) is 0 Å². The Morgan fingerprint density at radius 2 is 1.72 bits per heavy atom. The molecule has 186 valence electrons. The number of rotatable bonds is 8. The highest BCUT2D eigenvalue weighted by molar-refractivity contribution is 7.80. The minimum atomic E-state index is -0.739. The largest absolute Gasteiger partial charge is 0.493 e. The summed E-state index contributed by atoms with van der Waals surface area (Å²) in [7, 11) is 3.17. The number of nitrogens with one attached hydrogen (secondary N) is 1. The zero-order chi connectivity index (χ0) is 25.7. The van der Waals surface area contributed by atoms with Crippen molar-refractivity contribution in [1.29, 1.82) is 0 Å². The highest BCUT2D eigenvalue weighted by Crippen LogP contribution is 2.30. The van der Waals surface area contributed by atoms with E-state index in [4.69, 9.17) is 33.3 Å². The number of para-hydroxylation sites is 1. The second-order valence-electron chi connectivity index (χ2n) is 8.19. The summed E-state index contributed by atoms with van der Waals surface area (Å²) in [5.74, 6) is 0.639. The van der Waals surface area contributed by atoms with Crippen molar-refractivity contribution in [3.05, 3.63) is 83.4 Å². The van der Waals surface area contributed by atoms with E-state index < -0.39 is 6.04 Å². The van der Waals surface area contributed by atoms with Gasteiger partial charge in [0.1, 0.15) is 6.04 Å². The van der Waals surface area contributed by atoms with E-state index in [1.54, 1.807) is 43.4 Å². The fraction of sp³-hybridized carbons (Fsp3) is 0.222. The third-order valence-electron chi connectivity index (χ3n) is 5.96. The molecule has 4 rings (SSSR count). The fourth-order valence-corrected chi connectivity index (χ4v) is 4.58. The molecule has 3 aromatic carbocycles. The molecule has 1 heterocycles. The normalized spacial score (nSPS) is 15.1. The number of methoxy groups -OCH3 is 2. The van der Waals surface area contributed by atoms with E-state index in [2.05, 4.69) is 5.32 Å². The van der Waals surface area contributed by atoms with Crippen LogP contribution < -0.4 is 19.7 Å². The van der Waals surface area contributed by atoms with Crippen molar-refractivity contribution in [2.24, 2.45) is 0 Å². The second kappa shape index (κ2) is 11.4. The Hall–Kier alpha value is -3.62. The maximum atomic E-state index is 13.5. The fourth-order valence-electron chi connectivity index (χ4n) is 4.12. The Labute approximate surface area is 220 Å². The van der Waals surface area contributed by atoms with Crippen LogP contribution in [-0.2, 0) is 16.0 Å². The summed E-state index contributed by atoms with van der Waals surface area (Å²) in [6.45, 7) is 0.409. The molecule has 0 unspecified atom stereocenters. The highest BCUT2D eigenvalue weighted by atomic mass is 35.5. The van der Waals surface area contributed by atoms with Gasteiger partial charge in [-0.1, -0.05) is 35.9 Å². The molecule has 1 N–H and O–H groups in total.